The molecule has 145 heavy (non-hydrogen) atoms. The van der Waals surface area contributed by atoms with Crippen LogP contribution in [0.1, 0.15) is 329 Å². The van der Waals surface area contributed by atoms with E-state index in [9.17, 15) is 28.8 Å². The molecule has 29 heteroatoms. The Morgan fingerprint density at radius 1 is 0.393 bits per heavy atom. The number of oxime groups is 1. The van der Waals surface area contributed by atoms with Gasteiger partial charge >= 0.3 is 17.9 Å². The SMILES string of the molecule is CC(C)C(=O)CC1CC2CCC(C1)N2Cc1ccccc1.CC(C)C(=O)O.COC1CCC(C)O1.Cc1nnc(C(C)C)n1C1CC2CCC(C1)N2Cc1ccccc1.Cc1nnc(C(C)C)n1C1CC2CCC(C1)N2Cc1ccccc1.Cl.NC1CC2CCC(C1)N2Cc1ccccc1.NO.O=C(O)CC(=O)CC(=O)O.O=C1CC2CCC(C1)N2Cc1ccccc1.ON=C1CC2CCC(C1)N2Cc1ccccc1. The maximum Gasteiger partial charge on any atom is 0.310 e. The molecule has 6 aromatic carbocycles. The van der Waals surface area contributed by atoms with Gasteiger partial charge in [-0.1, -0.05) is 243 Å². The fourth-order valence-electron chi connectivity index (χ4n) is 24.6. The van der Waals surface area contributed by atoms with Crippen molar-refractivity contribution in [2.24, 2.45) is 34.5 Å². The summed E-state index contributed by atoms with van der Waals surface area (Å²) in [4.78, 5) is 79.1. The lowest BCUT2D eigenvalue weighted by atomic mass is 9.85. The Morgan fingerprint density at radius 3 is 0.903 bits per heavy atom. The molecule has 0 radical (unpaired) electrons. The van der Waals surface area contributed by atoms with E-state index < -0.39 is 36.5 Å². The Kier molecular flexibility index (Phi) is 46.1. The molecule has 0 aliphatic carbocycles. The van der Waals surface area contributed by atoms with Crippen LogP contribution < -0.4 is 11.6 Å². The molecule has 14 unspecified atom stereocenters. The second-order valence-corrected chi connectivity index (χ2v) is 43.5. The van der Waals surface area contributed by atoms with Crippen LogP contribution in [0.25, 0.3) is 0 Å². The third-order valence-corrected chi connectivity index (χ3v) is 31.8. The minimum atomic E-state index is -1.30. The van der Waals surface area contributed by atoms with E-state index in [0.717, 1.165) is 125 Å². The number of carbonyl (C=O) groups is 6. The third kappa shape index (κ3) is 33.9. The second kappa shape index (κ2) is 57.8. The van der Waals surface area contributed by atoms with Crippen LogP contribution in [0.5, 0.6) is 0 Å². The average Bonchev–Trinajstić information content (AvgIpc) is 1.65. The molecule has 13 saturated heterocycles. The fourth-order valence-corrected chi connectivity index (χ4v) is 24.6. The van der Waals surface area contributed by atoms with Gasteiger partial charge in [-0.2, -0.15) is 0 Å². The number of carboxylic acid groups (broad SMARTS) is 3. The summed E-state index contributed by atoms with van der Waals surface area (Å²) < 4.78 is 15.1. The highest BCUT2D eigenvalue weighted by atomic mass is 35.5. The van der Waals surface area contributed by atoms with Crippen molar-refractivity contribution in [1.82, 2.24) is 58.9 Å². The van der Waals surface area contributed by atoms with Gasteiger partial charge in [0.2, 0.25) is 0 Å². The topological polar surface area (TPSA) is 367 Å². The van der Waals surface area contributed by atoms with Crippen molar-refractivity contribution in [3.8, 4) is 0 Å². The van der Waals surface area contributed by atoms with Gasteiger partial charge in [-0.3, -0.25) is 58.2 Å². The van der Waals surface area contributed by atoms with Crippen LogP contribution in [-0.4, -0.2) is 224 Å². The molecule has 15 heterocycles. The Bertz CT molecular complexity index is 5030. The molecule has 14 atom stereocenters. The maximum absolute atomic E-state index is 12.0. The first-order valence-corrected chi connectivity index (χ1v) is 53.6. The summed E-state index contributed by atoms with van der Waals surface area (Å²) in [5, 5.41) is 60.4. The van der Waals surface area contributed by atoms with E-state index in [0.29, 0.717) is 114 Å². The van der Waals surface area contributed by atoms with E-state index in [4.69, 9.17) is 40.9 Å². The van der Waals surface area contributed by atoms with Crippen molar-refractivity contribution in [1.29, 1.82) is 0 Å². The van der Waals surface area contributed by atoms with Crippen LogP contribution in [0.4, 0.5) is 0 Å². The number of benzene rings is 6. The molecular formula is C116H168ClN15O13. The van der Waals surface area contributed by atoms with Crippen molar-refractivity contribution >= 4 is 53.4 Å². The van der Waals surface area contributed by atoms with Crippen LogP contribution in [0.2, 0.25) is 0 Å². The molecule has 13 aliphatic heterocycles. The highest BCUT2D eigenvalue weighted by Gasteiger charge is 2.47. The van der Waals surface area contributed by atoms with Crippen LogP contribution in [0.3, 0.4) is 0 Å². The van der Waals surface area contributed by atoms with Gasteiger partial charge in [-0.25, -0.2) is 5.90 Å². The van der Waals surface area contributed by atoms with Crippen LogP contribution >= 0.6 is 12.4 Å². The number of ether oxygens (including phenoxy) is 2. The van der Waals surface area contributed by atoms with Gasteiger partial charge in [0.25, 0.3) is 0 Å². The number of hydrogen-bond acceptors (Lipinski definition) is 23. The third-order valence-electron chi connectivity index (χ3n) is 31.8. The molecule has 0 saturated carbocycles. The molecule has 28 nitrogen and oxygen atoms in total. The first kappa shape index (κ1) is 116. The molecule has 21 rings (SSSR count). The lowest BCUT2D eigenvalue weighted by Gasteiger charge is -2.40. The summed E-state index contributed by atoms with van der Waals surface area (Å²) in [5.41, 5.74) is 15.6. The van der Waals surface area contributed by atoms with E-state index in [1.807, 2.05) is 13.8 Å². The summed E-state index contributed by atoms with van der Waals surface area (Å²) >= 11 is 0. The van der Waals surface area contributed by atoms with Crippen LogP contribution in [0.15, 0.2) is 187 Å². The number of methoxy groups -OCH3 is 1. The standard InChI is InChI=1S/2C20H28N4.C19H27NO.C14H18N2O.C14H20N2.C14H17NO.C6H12O2.C5H6O5.C4H8O2.ClH.H3NO/c2*1-14(2)20-22-21-15(3)24(20)19-11-17-9-10-18(12-19)23(17)13-16-7-5-4-6-8-16;1-14(2)19(21)12-16-10-17-8-9-18(11-16)20(17)13-15-6-4-3-5-7-15;17-15-12-8-13-6-7-14(9-12)16(13)10-11-4-2-1-3-5-11;15-12-8-13-6-7-14(9-12)16(13)10-11-4-2-1-3-5-11;16-14-8-12-6-7-13(9-14)15(12)10-11-4-2-1-3-5-11;1-5-3-4-6(7-2)8-5;6-3(1-4(7)8)2-5(9)10;1-3(2)4(5)6;;1-2/h2*4-8,14,17-19H,9-13H2,1-3H3;3-7,14,16-18H,8-13H2,1-2H3;1-5,13-14,17H,6-10H2;1-5,12-14H,6-10,15H2;1-5,12-13H,6-10H2;5-6H,3-4H2,1-2H3;1-2H2,(H,7,8)(H,9,10);3H,1-2H3,(H,5,6);1H;2H,1H2. The van der Waals surface area contributed by atoms with E-state index in [1.165, 1.54) is 162 Å². The number of nitrogens with zero attached hydrogens (tertiary/aromatic N) is 13. The Balaban J connectivity index is 0.000000159. The molecule has 2 aromatic heterocycles. The molecule has 8 aromatic rings. The highest BCUT2D eigenvalue weighted by molar-refractivity contribution is 6.02. The number of fused-ring (bicyclic) bond motifs is 12. The molecule has 0 amide bonds. The van der Waals surface area contributed by atoms with Gasteiger partial charge < -0.3 is 50.1 Å². The van der Waals surface area contributed by atoms with Crippen molar-refractivity contribution in [2.45, 2.75) is 416 Å². The predicted molar refractivity (Wildman–Crippen MR) is 570 cm³/mol. The number of nitrogens with two attached hydrogens (primary N) is 2. The quantitative estimate of drug-likeness (QED) is 0.0159. The lowest BCUT2D eigenvalue weighted by Crippen LogP contribution is -2.46. The van der Waals surface area contributed by atoms with Crippen LogP contribution in [-0.2, 0) is 77.5 Å². The number of aromatic nitrogens is 6. The number of halogens is 1. The van der Waals surface area contributed by atoms with E-state index in [2.05, 4.69) is 300 Å². The summed E-state index contributed by atoms with van der Waals surface area (Å²) in [6, 6.07) is 74.2. The smallest absolute Gasteiger partial charge is 0.310 e. The summed E-state index contributed by atoms with van der Waals surface area (Å²) in [7, 11) is 1.68. The van der Waals surface area contributed by atoms with Crippen molar-refractivity contribution in [3.05, 3.63) is 239 Å². The van der Waals surface area contributed by atoms with Crippen molar-refractivity contribution in [2.75, 3.05) is 7.11 Å². The fraction of sp³-hybridized carbons (Fsp3) is 0.595. The summed E-state index contributed by atoms with van der Waals surface area (Å²) in [5.74, 6) is 6.25. The zero-order chi connectivity index (χ0) is 103. The number of rotatable bonds is 25. The minimum Gasteiger partial charge on any atom is -0.481 e. The molecule has 12 bridgehead atoms. The second-order valence-electron chi connectivity index (χ2n) is 43.5. The number of carbonyl (C=O) groups excluding carboxylic acids is 3. The number of hydrogen-bond donors (Lipinski definition) is 7. The molecule has 9 N–H and O–H groups in total. The van der Waals surface area contributed by atoms with Crippen molar-refractivity contribution in [3.63, 3.8) is 0 Å². The average molecular weight is 2020 g/mol. The van der Waals surface area contributed by atoms with E-state index in [1.54, 1.807) is 21.0 Å². The normalized spacial score (nSPS) is 26.7. The van der Waals surface area contributed by atoms with E-state index >= 15 is 0 Å². The summed E-state index contributed by atoms with van der Waals surface area (Å²) in [6.45, 7) is 29.0. The maximum atomic E-state index is 12.0. The first-order chi connectivity index (χ1) is 69.4. The Hall–Kier alpha value is -9.66. The van der Waals surface area contributed by atoms with Gasteiger partial charge in [-0.05, 0) is 195 Å². The number of aryl methyl sites for hydroxylation is 2. The Labute approximate surface area is 868 Å². The predicted octanol–water partition coefficient (Wildman–Crippen LogP) is 20.5. The van der Waals surface area contributed by atoms with Crippen molar-refractivity contribution < 1.29 is 64.0 Å². The molecular weight excluding hydrogens is 1850 g/mol. The van der Waals surface area contributed by atoms with Crippen LogP contribution in [0, 0.1) is 31.6 Å². The number of Topliss-reactive ketones (excluding diaryl/α,β-unsaturated/α-hetero) is 3. The highest BCUT2D eigenvalue weighted by Crippen LogP contribution is 2.47. The Morgan fingerprint density at radius 2 is 0.662 bits per heavy atom. The zero-order valence-electron chi connectivity index (χ0n) is 88.1. The van der Waals surface area contributed by atoms with Gasteiger partial charge in [0.15, 0.2) is 12.1 Å². The van der Waals surface area contributed by atoms with Gasteiger partial charge in [0, 0.05) is 193 Å². The van der Waals surface area contributed by atoms with E-state index in [-0.39, 0.29) is 30.5 Å². The number of piperidine rings is 6. The zero-order valence-corrected chi connectivity index (χ0v) is 89.0. The minimum absolute atomic E-state index is 0. The largest absolute Gasteiger partial charge is 0.481 e. The molecule has 13 aliphatic rings. The van der Waals surface area contributed by atoms with Gasteiger partial charge in [0.1, 0.15) is 47.7 Å². The van der Waals surface area contributed by atoms with Gasteiger partial charge in [0.05, 0.1) is 17.7 Å². The monoisotopic (exact) mass is 2010 g/mol. The summed E-state index contributed by atoms with van der Waals surface area (Å²) in [6.07, 6.45) is 30.9. The number of aliphatic carboxylic acids is 3. The molecule has 0 spiro atoms. The number of carboxylic acids is 3. The molecule has 13 fully saturated rings. The first-order valence-electron chi connectivity index (χ1n) is 53.6. The van der Waals surface area contributed by atoms with Gasteiger partial charge in [-0.15, -0.1) is 32.8 Å². The lowest BCUT2D eigenvalue weighted by molar-refractivity contribution is -0.144. The molecule has 792 valence electrons. The number of ketones is 3.